The summed E-state index contributed by atoms with van der Waals surface area (Å²) in [5, 5.41) is 15.9. The summed E-state index contributed by atoms with van der Waals surface area (Å²) in [5.74, 6) is 1.79. The molecule has 1 aromatic heterocycles. The molecule has 0 saturated heterocycles. The van der Waals surface area contributed by atoms with Gasteiger partial charge >= 0.3 is 0 Å². The van der Waals surface area contributed by atoms with Crippen LogP contribution in [0.25, 0.3) is 0 Å². The van der Waals surface area contributed by atoms with Gasteiger partial charge in [0.15, 0.2) is 0 Å². The van der Waals surface area contributed by atoms with E-state index in [0.29, 0.717) is 0 Å². The molecule has 0 unspecified atom stereocenters. The van der Waals surface area contributed by atoms with Crippen LogP contribution in [-0.4, -0.2) is 35.7 Å². The highest BCUT2D eigenvalue weighted by Crippen LogP contribution is 2.21. The zero-order valence-corrected chi connectivity index (χ0v) is 15.0. The quantitative estimate of drug-likeness (QED) is 0.605. The maximum absolute atomic E-state index is 9.32. The number of benzene rings is 2. The van der Waals surface area contributed by atoms with Gasteiger partial charge in [0.1, 0.15) is 23.7 Å². The van der Waals surface area contributed by atoms with Crippen molar-refractivity contribution in [1.82, 2.24) is 9.97 Å². The van der Waals surface area contributed by atoms with E-state index >= 15 is 0 Å². The van der Waals surface area contributed by atoms with E-state index in [1.165, 1.54) is 0 Å². The Balaban J connectivity index is 1.59. The van der Waals surface area contributed by atoms with E-state index in [1.807, 2.05) is 44.4 Å². The normalized spacial score (nSPS) is 10.4. The summed E-state index contributed by atoms with van der Waals surface area (Å²) in [6.07, 6.45) is 2.39. The number of nitrogens with zero attached hydrogens (tertiary/aromatic N) is 3. The maximum Gasteiger partial charge on any atom is 0.135 e. The molecule has 0 spiro atoms. The lowest BCUT2D eigenvalue weighted by atomic mass is 10.1. The summed E-state index contributed by atoms with van der Waals surface area (Å²) in [7, 11) is 4.03. The Morgan fingerprint density at radius 2 is 1.73 bits per heavy atom. The van der Waals surface area contributed by atoms with Gasteiger partial charge in [-0.1, -0.05) is 18.2 Å². The van der Waals surface area contributed by atoms with Gasteiger partial charge in [0.2, 0.25) is 0 Å². The van der Waals surface area contributed by atoms with Crippen molar-refractivity contribution in [2.45, 2.75) is 6.42 Å². The molecule has 1 heterocycles. The van der Waals surface area contributed by atoms with E-state index in [0.717, 1.165) is 41.5 Å². The molecule has 0 amide bonds. The fourth-order valence-electron chi connectivity index (χ4n) is 2.53. The van der Waals surface area contributed by atoms with Crippen LogP contribution in [-0.2, 0) is 6.42 Å². The highest BCUT2D eigenvalue weighted by molar-refractivity contribution is 5.64. The number of hydrogen-bond donors (Lipinski definition) is 3. The van der Waals surface area contributed by atoms with Gasteiger partial charge in [0.25, 0.3) is 0 Å². The summed E-state index contributed by atoms with van der Waals surface area (Å²) < 4.78 is 0. The third-order valence-corrected chi connectivity index (χ3v) is 3.96. The van der Waals surface area contributed by atoms with Gasteiger partial charge in [-0.15, -0.1) is 0 Å². The molecule has 0 aliphatic rings. The summed E-state index contributed by atoms with van der Waals surface area (Å²) in [5.41, 5.74) is 3.25. The predicted molar refractivity (Wildman–Crippen MR) is 106 cm³/mol. The van der Waals surface area contributed by atoms with Crippen LogP contribution in [0.1, 0.15) is 5.56 Å². The Labute approximate surface area is 153 Å². The average Bonchev–Trinajstić information content (AvgIpc) is 2.64. The fraction of sp³-hybridized carbons (Fsp3) is 0.200. The van der Waals surface area contributed by atoms with Crippen molar-refractivity contribution < 1.29 is 5.11 Å². The molecule has 6 heteroatoms. The SMILES string of the molecule is CN(C)c1cccc(Nc2cc(NCCc3ccc(O)cc3)ncn2)c1. The lowest BCUT2D eigenvalue weighted by Gasteiger charge is -2.14. The fourth-order valence-corrected chi connectivity index (χ4v) is 2.53. The second-order valence-electron chi connectivity index (χ2n) is 6.20. The lowest BCUT2D eigenvalue weighted by molar-refractivity contribution is 0.475. The van der Waals surface area contributed by atoms with Gasteiger partial charge in [-0.2, -0.15) is 0 Å². The number of aromatic hydroxyl groups is 1. The molecule has 0 aliphatic carbocycles. The predicted octanol–water partition coefficient (Wildman–Crippen LogP) is 3.65. The Bertz CT molecular complexity index is 849. The largest absolute Gasteiger partial charge is 0.508 e. The number of phenolic OH excluding ortho intramolecular Hbond substituents is 1. The summed E-state index contributed by atoms with van der Waals surface area (Å²) >= 11 is 0. The van der Waals surface area contributed by atoms with E-state index < -0.39 is 0 Å². The standard InChI is InChI=1S/C20H23N5O/c1-25(2)17-5-3-4-16(12-17)24-20-13-19(22-14-23-20)21-11-10-15-6-8-18(26)9-7-15/h3-9,12-14,26H,10-11H2,1-2H3,(H2,21,22,23,24). The zero-order valence-electron chi connectivity index (χ0n) is 15.0. The first-order chi connectivity index (χ1) is 12.6. The van der Waals surface area contributed by atoms with Crippen molar-refractivity contribution in [3.63, 3.8) is 0 Å². The topological polar surface area (TPSA) is 73.3 Å². The monoisotopic (exact) mass is 349 g/mol. The summed E-state index contributed by atoms with van der Waals surface area (Å²) in [6, 6.07) is 17.3. The van der Waals surface area contributed by atoms with Crippen molar-refractivity contribution in [2.24, 2.45) is 0 Å². The first-order valence-corrected chi connectivity index (χ1v) is 8.48. The molecule has 0 aliphatic heterocycles. The Morgan fingerprint density at radius 1 is 0.962 bits per heavy atom. The Kier molecular flexibility index (Phi) is 5.53. The minimum absolute atomic E-state index is 0.284. The average molecular weight is 349 g/mol. The first-order valence-electron chi connectivity index (χ1n) is 8.48. The van der Waals surface area contributed by atoms with E-state index in [-0.39, 0.29) is 5.75 Å². The molecule has 6 nitrogen and oxygen atoms in total. The summed E-state index contributed by atoms with van der Waals surface area (Å²) in [6.45, 7) is 0.747. The van der Waals surface area contributed by atoms with Gasteiger partial charge in [-0.25, -0.2) is 9.97 Å². The minimum Gasteiger partial charge on any atom is -0.508 e. The molecule has 0 radical (unpaired) electrons. The lowest BCUT2D eigenvalue weighted by Crippen LogP contribution is -2.09. The van der Waals surface area contributed by atoms with Gasteiger partial charge in [0, 0.05) is 38.1 Å². The Morgan fingerprint density at radius 3 is 2.50 bits per heavy atom. The molecule has 0 atom stereocenters. The number of phenols is 1. The molecule has 3 N–H and O–H groups in total. The van der Waals surface area contributed by atoms with Crippen LogP contribution in [0.3, 0.4) is 0 Å². The molecule has 0 saturated carbocycles. The van der Waals surface area contributed by atoms with Gasteiger partial charge in [0.05, 0.1) is 0 Å². The van der Waals surface area contributed by atoms with Crippen LogP contribution in [0.2, 0.25) is 0 Å². The minimum atomic E-state index is 0.284. The second kappa shape index (κ2) is 8.20. The molecule has 2 aromatic carbocycles. The number of rotatable bonds is 7. The van der Waals surface area contributed by atoms with Gasteiger partial charge in [-0.05, 0) is 42.3 Å². The van der Waals surface area contributed by atoms with Crippen molar-refractivity contribution in [2.75, 3.05) is 36.2 Å². The molecule has 0 bridgehead atoms. The Hall–Kier alpha value is -3.28. The van der Waals surface area contributed by atoms with Crippen molar-refractivity contribution in [1.29, 1.82) is 0 Å². The van der Waals surface area contributed by atoms with Crippen LogP contribution in [0, 0.1) is 0 Å². The van der Waals surface area contributed by atoms with E-state index in [4.69, 9.17) is 0 Å². The van der Waals surface area contributed by atoms with Crippen LogP contribution >= 0.6 is 0 Å². The molecular formula is C20H23N5O. The number of aromatic nitrogens is 2. The van der Waals surface area contributed by atoms with Crippen molar-refractivity contribution in [3.05, 3.63) is 66.5 Å². The number of anilines is 4. The van der Waals surface area contributed by atoms with Crippen LogP contribution in [0.15, 0.2) is 60.9 Å². The van der Waals surface area contributed by atoms with Crippen molar-refractivity contribution >= 4 is 23.0 Å². The molecule has 26 heavy (non-hydrogen) atoms. The van der Waals surface area contributed by atoms with Crippen molar-refractivity contribution in [3.8, 4) is 5.75 Å². The second-order valence-corrected chi connectivity index (χ2v) is 6.20. The number of nitrogens with one attached hydrogen (secondary N) is 2. The smallest absolute Gasteiger partial charge is 0.135 e. The molecule has 3 aromatic rings. The summed E-state index contributed by atoms with van der Waals surface area (Å²) in [4.78, 5) is 10.6. The highest BCUT2D eigenvalue weighted by Gasteiger charge is 2.02. The zero-order chi connectivity index (χ0) is 18.4. The van der Waals surface area contributed by atoms with Gasteiger partial charge in [-0.3, -0.25) is 0 Å². The highest BCUT2D eigenvalue weighted by atomic mass is 16.3. The van der Waals surface area contributed by atoms with E-state index in [9.17, 15) is 5.11 Å². The van der Waals surface area contributed by atoms with E-state index in [1.54, 1.807) is 18.5 Å². The molecule has 3 rings (SSSR count). The molecular weight excluding hydrogens is 326 g/mol. The number of hydrogen-bond acceptors (Lipinski definition) is 6. The maximum atomic E-state index is 9.32. The first kappa shape index (κ1) is 17.5. The van der Waals surface area contributed by atoms with E-state index in [2.05, 4.69) is 37.6 Å². The third kappa shape index (κ3) is 4.86. The third-order valence-electron chi connectivity index (χ3n) is 3.96. The van der Waals surface area contributed by atoms with Crippen LogP contribution in [0.4, 0.5) is 23.0 Å². The molecule has 0 fully saturated rings. The van der Waals surface area contributed by atoms with Crippen LogP contribution in [0.5, 0.6) is 5.75 Å². The van der Waals surface area contributed by atoms with Crippen LogP contribution < -0.4 is 15.5 Å². The molecule has 134 valence electrons. The van der Waals surface area contributed by atoms with Gasteiger partial charge < -0.3 is 20.6 Å².